The number of nitrogens with one attached hydrogen (secondary N) is 2. The van der Waals surface area contributed by atoms with Crippen LogP contribution in [0.5, 0.6) is 0 Å². The molecule has 0 radical (unpaired) electrons. The largest absolute Gasteiger partial charge is 0.467 e. The van der Waals surface area contributed by atoms with Crippen LogP contribution in [0.25, 0.3) is 0 Å². The summed E-state index contributed by atoms with van der Waals surface area (Å²) in [6.45, 7) is 0.505. The Labute approximate surface area is 137 Å². The van der Waals surface area contributed by atoms with Gasteiger partial charge in [-0.1, -0.05) is 6.07 Å². The minimum atomic E-state index is -0.382. The second kappa shape index (κ2) is 7.28. The van der Waals surface area contributed by atoms with Crippen molar-refractivity contribution >= 4 is 11.8 Å². The summed E-state index contributed by atoms with van der Waals surface area (Å²) in [6.07, 6.45) is 3.06. The first-order chi connectivity index (χ1) is 11.7. The molecule has 0 aromatic carbocycles. The second-order valence-electron chi connectivity index (χ2n) is 4.93. The van der Waals surface area contributed by atoms with E-state index in [1.165, 1.54) is 12.5 Å². The van der Waals surface area contributed by atoms with E-state index in [0.717, 1.165) is 0 Å². The Morgan fingerprint density at radius 1 is 0.792 bits per heavy atom. The van der Waals surface area contributed by atoms with Crippen LogP contribution in [-0.2, 0) is 13.1 Å². The van der Waals surface area contributed by atoms with Crippen LogP contribution < -0.4 is 10.6 Å². The molecule has 0 unspecified atom stereocenters. The van der Waals surface area contributed by atoms with Gasteiger partial charge in [0.15, 0.2) is 0 Å². The van der Waals surface area contributed by atoms with Gasteiger partial charge in [0.2, 0.25) is 0 Å². The number of rotatable bonds is 6. The first-order valence-electron chi connectivity index (χ1n) is 7.30. The van der Waals surface area contributed by atoms with Crippen molar-refractivity contribution in [3.05, 3.63) is 77.9 Å². The number of furan rings is 2. The summed E-state index contributed by atoms with van der Waals surface area (Å²) >= 11 is 0. The fourth-order valence-corrected chi connectivity index (χ4v) is 2.03. The lowest BCUT2D eigenvalue weighted by Crippen LogP contribution is -2.27. The van der Waals surface area contributed by atoms with Crippen molar-refractivity contribution in [1.82, 2.24) is 15.6 Å². The van der Waals surface area contributed by atoms with E-state index in [1.807, 2.05) is 0 Å². The van der Waals surface area contributed by atoms with Crippen molar-refractivity contribution in [1.29, 1.82) is 0 Å². The van der Waals surface area contributed by atoms with Gasteiger partial charge in [0.25, 0.3) is 11.8 Å². The number of carbonyl (C=O) groups is 2. The Balaban J connectivity index is 1.60. The van der Waals surface area contributed by atoms with Gasteiger partial charge in [-0.2, -0.15) is 0 Å². The van der Waals surface area contributed by atoms with Gasteiger partial charge in [-0.05, 0) is 36.4 Å². The lowest BCUT2D eigenvalue weighted by atomic mass is 10.2. The summed E-state index contributed by atoms with van der Waals surface area (Å²) in [5.41, 5.74) is 0.319. The molecule has 0 saturated carbocycles. The van der Waals surface area contributed by atoms with Crippen molar-refractivity contribution in [3.63, 3.8) is 0 Å². The molecule has 2 amide bonds. The second-order valence-corrected chi connectivity index (χ2v) is 4.93. The third-order valence-corrected chi connectivity index (χ3v) is 3.22. The van der Waals surface area contributed by atoms with Crippen LogP contribution in [0.1, 0.15) is 32.5 Å². The molecule has 0 atom stereocenters. The molecule has 0 aliphatic heterocycles. The van der Waals surface area contributed by atoms with E-state index in [1.54, 1.807) is 42.5 Å². The Hall–Kier alpha value is -3.35. The van der Waals surface area contributed by atoms with E-state index >= 15 is 0 Å². The summed E-state index contributed by atoms with van der Waals surface area (Å²) in [4.78, 5) is 28.3. The predicted molar refractivity (Wildman–Crippen MR) is 84.0 cm³/mol. The van der Waals surface area contributed by atoms with Gasteiger partial charge in [0.05, 0.1) is 25.6 Å². The highest BCUT2D eigenvalue weighted by atomic mass is 16.3. The molecule has 24 heavy (non-hydrogen) atoms. The molecular formula is C17H15N3O4. The van der Waals surface area contributed by atoms with E-state index in [9.17, 15) is 9.59 Å². The molecular weight excluding hydrogens is 310 g/mol. The van der Waals surface area contributed by atoms with Crippen LogP contribution in [0.4, 0.5) is 0 Å². The number of aromatic nitrogens is 1. The maximum absolute atomic E-state index is 12.1. The Kier molecular flexibility index (Phi) is 4.71. The first-order valence-corrected chi connectivity index (χ1v) is 7.30. The maximum atomic E-state index is 12.1. The van der Waals surface area contributed by atoms with Crippen LogP contribution in [-0.4, -0.2) is 16.8 Å². The molecule has 0 aliphatic rings. The molecule has 3 rings (SSSR count). The third-order valence-electron chi connectivity index (χ3n) is 3.22. The number of pyridine rings is 1. The molecule has 0 bridgehead atoms. The third kappa shape index (κ3) is 3.89. The minimum Gasteiger partial charge on any atom is -0.467 e. The van der Waals surface area contributed by atoms with Crippen molar-refractivity contribution < 1.29 is 18.4 Å². The number of hydrogen-bond acceptors (Lipinski definition) is 5. The van der Waals surface area contributed by atoms with Gasteiger partial charge in [-0.25, -0.2) is 4.98 Å². The quantitative estimate of drug-likeness (QED) is 0.723. The number of nitrogens with zero attached hydrogens (tertiary/aromatic N) is 1. The predicted octanol–water partition coefficient (Wildman–Crippen LogP) is 2.13. The summed E-state index contributed by atoms with van der Waals surface area (Å²) in [5.74, 6) is 0.505. The molecule has 2 N–H and O–H groups in total. The van der Waals surface area contributed by atoms with Gasteiger partial charge in [-0.3, -0.25) is 9.59 Å². The highest BCUT2D eigenvalue weighted by Crippen LogP contribution is 2.04. The van der Waals surface area contributed by atoms with E-state index in [4.69, 9.17) is 8.83 Å². The highest BCUT2D eigenvalue weighted by Gasteiger charge is 2.12. The van der Waals surface area contributed by atoms with Gasteiger partial charge in [0.1, 0.15) is 22.9 Å². The number of carbonyl (C=O) groups excluding carboxylic acids is 2. The average Bonchev–Trinajstić information content (AvgIpc) is 3.31. The van der Waals surface area contributed by atoms with Gasteiger partial charge in [0, 0.05) is 0 Å². The van der Waals surface area contributed by atoms with Crippen molar-refractivity contribution in [2.24, 2.45) is 0 Å². The van der Waals surface area contributed by atoms with E-state index in [0.29, 0.717) is 11.5 Å². The molecule has 0 saturated heterocycles. The fourth-order valence-electron chi connectivity index (χ4n) is 2.03. The Morgan fingerprint density at radius 3 is 1.71 bits per heavy atom. The summed E-state index contributed by atoms with van der Waals surface area (Å²) in [5, 5.41) is 5.36. The molecule has 3 aromatic heterocycles. The summed E-state index contributed by atoms with van der Waals surface area (Å²) in [7, 11) is 0. The highest BCUT2D eigenvalue weighted by molar-refractivity contribution is 5.96. The Morgan fingerprint density at radius 2 is 1.29 bits per heavy atom. The Bertz CT molecular complexity index is 745. The standard InChI is InChI=1S/C17H15N3O4/c21-16(18-10-12-4-2-8-23-12)14-6-1-7-15(20-14)17(22)19-11-13-5-3-9-24-13/h1-9H,10-11H2,(H,18,21)(H,19,22). The monoisotopic (exact) mass is 325 g/mol. The SMILES string of the molecule is O=C(NCc1ccco1)c1cccc(C(=O)NCc2ccco2)n1. The van der Waals surface area contributed by atoms with Crippen molar-refractivity contribution in [2.75, 3.05) is 0 Å². The van der Waals surface area contributed by atoms with Crippen LogP contribution in [0.2, 0.25) is 0 Å². The topological polar surface area (TPSA) is 97.4 Å². The average molecular weight is 325 g/mol. The van der Waals surface area contributed by atoms with Crippen LogP contribution in [0.15, 0.2) is 63.8 Å². The van der Waals surface area contributed by atoms with E-state index in [2.05, 4.69) is 15.6 Å². The molecule has 7 nitrogen and oxygen atoms in total. The smallest absolute Gasteiger partial charge is 0.270 e. The zero-order valence-corrected chi connectivity index (χ0v) is 12.7. The van der Waals surface area contributed by atoms with Gasteiger partial charge in [-0.15, -0.1) is 0 Å². The van der Waals surface area contributed by atoms with Crippen molar-refractivity contribution in [2.45, 2.75) is 13.1 Å². The van der Waals surface area contributed by atoms with Gasteiger partial charge >= 0.3 is 0 Å². The molecule has 3 heterocycles. The molecule has 7 heteroatoms. The van der Waals surface area contributed by atoms with Gasteiger partial charge < -0.3 is 19.5 Å². The van der Waals surface area contributed by atoms with Crippen molar-refractivity contribution in [3.8, 4) is 0 Å². The number of hydrogen-bond donors (Lipinski definition) is 2. The molecule has 0 spiro atoms. The minimum absolute atomic E-state index is 0.159. The number of amides is 2. The molecule has 3 aromatic rings. The maximum Gasteiger partial charge on any atom is 0.270 e. The van der Waals surface area contributed by atoms with Crippen LogP contribution in [0.3, 0.4) is 0 Å². The van der Waals surface area contributed by atoms with E-state index in [-0.39, 0.29) is 36.3 Å². The van der Waals surface area contributed by atoms with Crippen LogP contribution in [0, 0.1) is 0 Å². The zero-order valence-electron chi connectivity index (χ0n) is 12.7. The summed E-state index contributed by atoms with van der Waals surface area (Å²) < 4.78 is 10.3. The van der Waals surface area contributed by atoms with Crippen LogP contribution >= 0.6 is 0 Å². The zero-order chi connectivity index (χ0) is 16.8. The lowest BCUT2D eigenvalue weighted by Gasteiger charge is -2.06. The molecule has 122 valence electrons. The molecule has 0 aliphatic carbocycles. The van der Waals surface area contributed by atoms with E-state index < -0.39 is 0 Å². The lowest BCUT2D eigenvalue weighted by molar-refractivity contribution is 0.0938. The molecule has 0 fully saturated rings. The fraction of sp³-hybridized carbons (Fsp3) is 0.118. The normalized spacial score (nSPS) is 10.3. The first kappa shape index (κ1) is 15.5. The summed E-state index contributed by atoms with van der Waals surface area (Å²) in [6, 6.07) is 11.7.